The maximum atomic E-state index is 12.9. The molecule has 1 aliphatic rings. The Morgan fingerprint density at radius 2 is 2.14 bits per heavy atom. The Morgan fingerprint density at radius 1 is 1.46 bits per heavy atom. The van der Waals surface area contributed by atoms with Crippen molar-refractivity contribution in [3.05, 3.63) is 63.9 Å². The van der Waals surface area contributed by atoms with Gasteiger partial charge in [-0.3, -0.25) is 19.9 Å². The van der Waals surface area contributed by atoms with Crippen LogP contribution in [0.2, 0.25) is 0 Å². The molecule has 0 fully saturated rings. The molecule has 9 heteroatoms. The smallest absolute Gasteiger partial charge is 0.338 e. The minimum Gasteiger partial charge on any atom is -0.459 e. The number of hydrogen-bond donors (Lipinski definition) is 1. The van der Waals surface area contributed by atoms with Crippen molar-refractivity contribution in [2.45, 2.75) is 32.9 Å². The number of amides is 2. The Bertz CT molecular complexity index is 833. The van der Waals surface area contributed by atoms with Crippen LogP contribution >= 0.6 is 0 Å². The van der Waals surface area contributed by atoms with Gasteiger partial charge in [0.05, 0.1) is 22.6 Å². The van der Waals surface area contributed by atoms with Crippen LogP contribution in [-0.4, -0.2) is 51.2 Å². The number of carbonyl (C=O) groups is 2. The number of nitro benzene ring substituents is 1. The van der Waals surface area contributed by atoms with Gasteiger partial charge >= 0.3 is 12.0 Å². The van der Waals surface area contributed by atoms with Gasteiger partial charge in [0.25, 0.3) is 5.69 Å². The highest BCUT2D eigenvalue weighted by atomic mass is 16.6. The summed E-state index contributed by atoms with van der Waals surface area (Å²) in [4.78, 5) is 38.7. The Morgan fingerprint density at radius 3 is 2.68 bits per heavy atom. The molecule has 1 aromatic rings. The molecule has 9 nitrogen and oxygen atoms in total. The molecule has 0 aliphatic carbocycles. The fraction of sp³-hybridized carbons (Fsp3) is 0.368. The molecule has 1 unspecified atom stereocenters. The lowest BCUT2D eigenvalue weighted by atomic mass is 9.93. The van der Waals surface area contributed by atoms with E-state index in [1.165, 1.54) is 29.2 Å². The number of nitro groups is 1. The third-order valence-electron chi connectivity index (χ3n) is 4.28. The number of benzene rings is 1. The van der Waals surface area contributed by atoms with Gasteiger partial charge in [0.15, 0.2) is 0 Å². The number of hydrogen-bond acceptors (Lipinski definition) is 6. The van der Waals surface area contributed by atoms with Crippen LogP contribution in [0.1, 0.15) is 32.4 Å². The molecule has 1 atom stereocenters. The van der Waals surface area contributed by atoms with Crippen molar-refractivity contribution in [3.63, 3.8) is 0 Å². The third-order valence-corrected chi connectivity index (χ3v) is 4.28. The maximum Gasteiger partial charge on any atom is 0.338 e. The van der Waals surface area contributed by atoms with E-state index in [0.29, 0.717) is 11.3 Å². The zero-order valence-corrected chi connectivity index (χ0v) is 16.0. The molecule has 0 saturated heterocycles. The zero-order chi connectivity index (χ0) is 21.0. The molecule has 0 bridgehead atoms. The SMILES string of the molecule is C=CCN1C(=O)N(CO)C(c2cccc([N+](=O)[O-])c2)C(C(=O)OC(C)C)=C1C. The van der Waals surface area contributed by atoms with E-state index in [1.807, 2.05) is 0 Å². The molecule has 150 valence electrons. The molecule has 0 spiro atoms. The summed E-state index contributed by atoms with van der Waals surface area (Å²) in [7, 11) is 0. The second-order valence-corrected chi connectivity index (χ2v) is 6.50. The highest BCUT2D eigenvalue weighted by Gasteiger charge is 2.42. The Hall–Kier alpha value is -3.20. The van der Waals surface area contributed by atoms with Crippen LogP contribution in [0, 0.1) is 10.1 Å². The molecule has 2 rings (SSSR count). The summed E-state index contributed by atoms with van der Waals surface area (Å²) in [6.07, 6.45) is 1.09. The standard InChI is InChI=1S/C19H23N3O6/c1-5-9-20-13(4)16(18(24)28-12(2)3)17(21(11-23)19(20)25)14-7-6-8-15(10-14)22(26)27/h5-8,10,12,17,23H,1,9,11H2,2-4H3. The van der Waals surface area contributed by atoms with Gasteiger partial charge in [-0.05, 0) is 26.3 Å². The van der Waals surface area contributed by atoms with Gasteiger partial charge in [-0.15, -0.1) is 6.58 Å². The summed E-state index contributed by atoms with van der Waals surface area (Å²) >= 11 is 0. The average molecular weight is 389 g/mol. The van der Waals surface area contributed by atoms with Crippen LogP contribution in [0.3, 0.4) is 0 Å². The van der Waals surface area contributed by atoms with Gasteiger partial charge in [-0.2, -0.15) is 0 Å². The molecule has 28 heavy (non-hydrogen) atoms. The van der Waals surface area contributed by atoms with Crippen LogP contribution < -0.4 is 0 Å². The number of non-ortho nitro benzene ring substituents is 1. The van der Waals surface area contributed by atoms with Gasteiger partial charge in [0.2, 0.25) is 0 Å². The summed E-state index contributed by atoms with van der Waals surface area (Å²) in [6.45, 7) is 8.02. The molecule has 0 aromatic heterocycles. The molecule has 2 amide bonds. The van der Waals surface area contributed by atoms with Crippen molar-refractivity contribution in [2.24, 2.45) is 0 Å². The van der Waals surface area contributed by atoms with E-state index in [-0.39, 0.29) is 17.8 Å². The number of aliphatic hydroxyl groups is 1. The summed E-state index contributed by atoms with van der Waals surface area (Å²) in [5.41, 5.74) is 0.608. The van der Waals surface area contributed by atoms with Crippen LogP contribution in [-0.2, 0) is 9.53 Å². The highest BCUT2D eigenvalue weighted by Crippen LogP contribution is 2.38. The number of rotatable bonds is 7. The quantitative estimate of drug-likeness (QED) is 0.332. The first-order chi connectivity index (χ1) is 13.2. The Balaban J connectivity index is 2.70. The number of esters is 1. The molecule has 1 heterocycles. The van der Waals surface area contributed by atoms with Gasteiger partial charge in [0.1, 0.15) is 6.73 Å². The van der Waals surface area contributed by atoms with Crippen LogP contribution in [0.15, 0.2) is 48.2 Å². The normalized spacial score (nSPS) is 17.2. The van der Waals surface area contributed by atoms with Gasteiger partial charge in [-0.25, -0.2) is 9.59 Å². The fourth-order valence-corrected chi connectivity index (χ4v) is 3.09. The highest BCUT2D eigenvalue weighted by molar-refractivity contribution is 5.95. The molecule has 1 aliphatic heterocycles. The topological polar surface area (TPSA) is 113 Å². The zero-order valence-electron chi connectivity index (χ0n) is 16.0. The maximum absolute atomic E-state index is 12.9. The van der Waals surface area contributed by atoms with Gasteiger partial charge < -0.3 is 9.84 Å². The van der Waals surface area contributed by atoms with E-state index in [9.17, 15) is 24.8 Å². The largest absolute Gasteiger partial charge is 0.459 e. The second-order valence-electron chi connectivity index (χ2n) is 6.50. The molecular formula is C19H23N3O6. The minimum absolute atomic E-state index is 0.126. The van der Waals surface area contributed by atoms with E-state index < -0.39 is 35.8 Å². The summed E-state index contributed by atoms with van der Waals surface area (Å²) < 4.78 is 5.34. The molecule has 1 N–H and O–H groups in total. The van der Waals surface area contributed by atoms with Crippen LogP contribution in [0.5, 0.6) is 0 Å². The van der Waals surface area contributed by atoms with E-state index >= 15 is 0 Å². The summed E-state index contributed by atoms with van der Waals surface area (Å²) in [5.74, 6) is -0.663. The summed E-state index contributed by atoms with van der Waals surface area (Å²) in [5, 5.41) is 21.0. The number of allylic oxidation sites excluding steroid dienone is 1. The van der Waals surface area contributed by atoms with Gasteiger partial charge in [-0.1, -0.05) is 18.2 Å². The number of ether oxygens (including phenoxy) is 1. The van der Waals surface area contributed by atoms with E-state index in [2.05, 4.69) is 6.58 Å². The fourth-order valence-electron chi connectivity index (χ4n) is 3.09. The second kappa shape index (κ2) is 8.66. The first-order valence-electron chi connectivity index (χ1n) is 8.68. The van der Waals surface area contributed by atoms with Crippen molar-refractivity contribution in [2.75, 3.05) is 13.3 Å². The molecule has 0 radical (unpaired) electrons. The van der Waals surface area contributed by atoms with Gasteiger partial charge in [0, 0.05) is 24.4 Å². The number of aliphatic hydroxyl groups excluding tert-OH is 1. The van der Waals surface area contributed by atoms with E-state index in [0.717, 1.165) is 4.90 Å². The number of nitrogens with zero attached hydrogens (tertiary/aromatic N) is 3. The molecular weight excluding hydrogens is 366 g/mol. The Labute approximate surface area is 162 Å². The lowest BCUT2D eigenvalue weighted by molar-refractivity contribution is -0.384. The minimum atomic E-state index is -1.02. The monoisotopic (exact) mass is 389 g/mol. The number of urea groups is 1. The summed E-state index contributed by atoms with van der Waals surface area (Å²) in [6, 6.07) is 4.04. The number of carbonyl (C=O) groups excluding carboxylic acids is 2. The van der Waals surface area contributed by atoms with E-state index in [4.69, 9.17) is 4.74 Å². The third kappa shape index (κ3) is 4.04. The van der Waals surface area contributed by atoms with Crippen molar-refractivity contribution < 1.29 is 24.4 Å². The average Bonchev–Trinajstić information content (AvgIpc) is 2.64. The van der Waals surface area contributed by atoms with Crippen molar-refractivity contribution in [3.8, 4) is 0 Å². The first-order valence-corrected chi connectivity index (χ1v) is 8.68. The van der Waals surface area contributed by atoms with Crippen LogP contribution in [0.25, 0.3) is 0 Å². The lowest BCUT2D eigenvalue weighted by Gasteiger charge is -2.41. The molecule has 1 aromatic carbocycles. The van der Waals surface area contributed by atoms with Crippen molar-refractivity contribution in [1.82, 2.24) is 9.80 Å². The lowest BCUT2D eigenvalue weighted by Crippen LogP contribution is -2.51. The van der Waals surface area contributed by atoms with Crippen molar-refractivity contribution in [1.29, 1.82) is 0 Å². The Kier molecular flexibility index (Phi) is 6.53. The van der Waals surface area contributed by atoms with Crippen LogP contribution in [0.4, 0.5) is 10.5 Å². The molecule has 0 saturated carbocycles. The predicted octanol–water partition coefficient (Wildman–Crippen LogP) is 2.73. The predicted molar refractivity (Wildman–Crippen MR) is 101 cm³/mol. The first kappa shape index (κ1) is 21.1. The van der Waals surface area contributed by atoms with E-state index in [1.54, 1.807) is 26.8 Å². The van der Waals surface area contributed by atoms with Crippen molar-refractivity contribution >= 4 is 17.7 Å².